The summed E-state index contributed by atoms with van der Waals surface area (Å²) in [6, 6.07) is 6.16. The van der Waals surface area contributed by atoms with Crippen LogP contribution in [0.2, 0.25) is 0 Å². The Labute approximate surface area is 184 Å². The summed E-state index contributed by atoms with van der Waals surface area (Å²) in [5, 5.41) is 0. The Hall–Kier alpha value is -2.36. The summed E-state index contributed by atoms with van der Waals surface area (Å²) in [5.74, 6) is 2.14. The van der Waals surface area contributed by atoms with E-state index in [-0.39, 0.29) is 28.0 Å². The molecule has 0 aromatic heterocycles. The van der Waals surface area contributed by atoms with Crippen molar-refractivity contribution in [3.63, 3.8) is 0 Å². The van der Waals surface area contributed by atoms with Crippen LogP contribution >= 0.6 is 0 Å². The summed E-state index contributed by atoms with van der Waals surface area (Å²) in [5.41, 5.74) is 2.83. The highest BCUT2D eigenvalue weighted by Crippen LogP contribution is 2.55. The standard InChI is InChI=1S/C27H32O4/c1-25(2)11-17(28)22-19(13-25)30-20-14-26(3,4)12-18(29)23(20)21(22)16-9-7-8-15-10-27(5,6)31-24(15)16/h7-9,21H,10-14H2,1-6H3. The van der Waals surface area contributed by atoms with E-state index in [1.807, 2.05) is 12.1 Å². The van der Waals surface area contributed by atoms with Gasteiger partial charge in [0.2, 0.25) is 0 Å². The van der Waals surface area contributed by atoms with Gasteiger partial charge >= 0.3 is 0 Å². The number of allylic oxidation sites excluding steroid dienone is 4. The molecule has 0 N–H and O–H groups in total. The number of rotatable bonds is 1. The van der Waals surface area contributed by atoms with Crippen molar-refractivity contribution < 1.29 is 19.1 Å². The molecule has 4 aliphatic rings. The monoisotopic (exact) mass is 420 g/mol. The van der Waals surface area contributed by atoms with Crippen LogP contribution in [-0.4, -0.2) is 17.2 Å². The van der Waals surface area contributed by atoms with E-state index in [2.05, 4.69) is 47.6 Å². The quantitative estimate of drug-likeness (QED) is 0.576. The number of ketones is 2. The van der Waals surface area contributed by atoms with E-state index in [1.165, 1.54) is 0 Å². The maximum Gasteiger partial charge on any atom is 0.163 e. The number of hydrogen-bond donors (Lipinski definition) is 0. The third-order valence-electron chi connectivity index (χ3n) is 7.01. The van der Waals surface area contributed by atoms with E-state index in [0.717, 1.165) is 34.8 Å². The van der Waals surface area contributed by atoms with Crippen molar-refractivity contribution in [3.05, 3.63) is 52.0 Å². The average molecular weight is 421 g/mol. The Kier molecular flexibility index (Phi) is 4.20. The second-order valence-corrected chi connectivity index (χ2v) is 12.0. The van der Waals surface area contributed by atoms with Gasteiger partial charge in [-0.3, -0.25) is 9.59 Å². The Morgan fingerprint density at radius 3 is 1.87 bits per heavy atom. The molecule has 2 aliphatic carbocycles. The summed E-state index contributed by atoms with van der Waals surface area (Å²) >= 11 is 0. The van der Waals surface area contributed by atoms with Crippen molar-refractivity contribution in [1.82, 2.24) is 0 Å². The van der Waals surface area contributed by atoms with E-state index in [0.29, 0.717) is 36.8 Å². The highest BCUT2D eigenvalue weighted by atomic mass is 16.5. The molecule has 0 fully saturated rings. The first-order valence-corrected chi connectivity index (χ1v) is 11.4. The Bertz CT molecular complexity index is 1030. The van der Waals surface area contributed by atoms with Gasteiger partial charge in [0.25, 0.3) is 0 Å². The van der Waals surface area contributed by atoms with Gasteiger partial charge in [-0.05, 0) is 30.2 Å². The predicted octanol–water partition coefficient (Wildman–Crippen LogP) is 5.80. The summed E-state index contributed by atoms with van der Waals surface area (Å²) in [4.78, 5) is 26.9. The maximum absolute atomic E-state index is 13.5. The van der Waals surface area contributed by atoms with Crippen molar-refractivity contribution in [3.8, 4) is 5.75 Å². The van der Waals surface area contributed by atoms with Crippen LogP contribution in [0.25, 0.3) is 0 Å². The fraction of sp³-hybridized carbons (Fsp3) is 0.556. The van der Waals surface area contributed by atoms with Gasteiger partial charge in [0.05, 0.1) is 5.92 Å². The van der Waals surface area contributed by atoms with Crippen LogP contribution in [0.4, 0.5) is 0 Å². The SMILES string of the molecule is CC1(C)CC(=O)C2=C(C1)OC1=C(C(=O)CC(C)(C)C1)C2c1cccc2c1OC(C)(C)C2. The van der Waals surface area contributed by atoms with Crippen LogP contribution in [0.15, 0.2) is 40.9 Å². The Morgan fingerprint density at radius 2 is 1.32 bits per heavy atom. The first-order chi connectivity index (χ1) is 14.4. The zero-order chi connectivity index (χ0) is 22.3. The molecule has 0 bridgehead atoms. The molecule has 2 aliphatic heterocycles. The van der Waals surface area contributed by atoms with Crippen LogP contribution in [0.5, 0.6) is 5.75 Å². The van der Waals surface area contributed by atoms with Gasteiger partial charge in [-0.2, -0.15) is 0 Å². The second-order valence-electron chi connectivity index (χ2n) is 12.0. The van der Waals surface area contributed by atoms with Gasteiger partial charge in [-0.25, -0.2) is 0 Å². The van der Waals surface area contributed by atoms with E-state index in [9.17, 15) is 9.59 Å². The summed E-state index contributed by atoms with van der Waals surface area (Å²) in [6.07, 6.45) is 3.17. The normalized spacial score (nSPS) is 26.1. The molecule has 31 heavy (non-hydrogen) atoms. The average Bonchev–Trinajstić information content (AvgIpc) is 2.91. The van der Waals surface area contributed by atoms with Crippen molar-refractivity contribution in [2.75, 3.05) is 0 Å². The lowest BCUT2D eigenvalue weighted by Gasteiger charge is -2.43. The summed E-state index contributed by atoms with van der Waals surface area (Å²) < 4.78 is 12.8. The minimum absolute atomic E-state index is 0.0929. The molecule has 5 rings (SSSR count). The van der Waals surface area contributed by atoms with Crippen molar-refractivity contribution in [2.45, 2.75) is 85.2 Å². The van der Waals surface area contributed by atoms with E-state index >= 15 is 0 Å². The summed E-state index contributed by atoms with van der Waals surface area (Å²) in [7, 11) is 0. The molecule has 4 nitrogen and oxygen atoms in total. The highest BCUT2D eigenvalue weighted by molar-refractivity contribution is 6.06. The lowest BCUT2D eigenvalue weighted by Crippen LogP contribution is -2.37. The molecule has 164 valence electrons. The van der Waals surface area contributed by atoms with E-state index in [4.69, 9.17) is 9.47 Å². The fourth-order valence-corrected chi connectivity index (χ4v) is 5.85. The molecule has 0 saturated heterocycles. The van der Waals surface area contributed by atoms with Crippen LogP contribution in [-0.2, 0) is 20.7 Å². The maximum atomic E-state index is 13.5. The van der Waals surface area contributed by atoms with Crippen LogP contribution < -0.4 is 4.74 Å². The first-order valence-electron chi connectivity index (χ1n) is 11.4. The smallest absolute Gasteiger partial charge is 0.163 e. The first kappa shape index (κ1) is 20.5. The predicted molar refractivity (Wildman–Crippen MR) is 119 cm³/mol. The molecule has 0 unspecified atom stereocenters. The lowest BCUT2D eigenvalue weighted by atomic mass is 9.65. The van der Waals surface area contributed by atoms with Gasteiger partial charge < -0.3 is 9.47 Å². The number of fused-ring (bicyclic) bond motifs is 1. The highest BCUT2D eigenvalue weighted by Gasteiger charge is 2.49. The molecule has 1 aromatic rings. The van der Waals surface area contributed by atoms with Crippen LogP contribution in [0.3, 0.4) is 0 Å². The van der Waals surface area contributed by atoms with E-state index in [1.54, 1.807) is 0 Å². The fourth-order valence-electron chi connectivity index (χ4n) is 5.85. The molecule has 0 spiro atoms. The number of carbonyl (C=O) groups excluding carboxylic acids is 2. The molecule has 2 heterocycles. The topological polar surface area (TPSA) is 52.6 Å². The van der Waals surface area contributed by atoms with Crippen molar-refractivity contribution >= 4 is 11.6 Å². The number of ether oxygens (including phenoxy) is 2. The zero-order valence-electron chi connectivity index (χ0n) is 19.5. The third-order valence-corrected chi connectivity index (χ3v) is 7.01. The second kappa shape index (κ2) is 6.34. The molecule has 0 amide bonds. The number of carbonyl (C=O) groups is 2. The largest absolute Gasteiger partial charge is 0.487 e. The van der Waals surface area contributed by atoms with Gasteiger partial charge in [0.15, 0.2) is 11.6 Å². The molecular weight excluding hydrogens is 388 g/mol. The van der Waals surface area contributed by atoms with Crippen LogP contribution in [0.1, 0.15) is 84.3 Å². The van der Waals surface area contributed by atoms with Gasteiger partial charge in [-0.15, -0.1) is 0 Å². The third kappa shape index (κ3) is 3.35. The molecule has 0 radical (unpaired) electrons. The molecule has 0 atom stereocenters. The number of para-hydroxylation sites is 1. The number of hydrogen-bond acceptors (Lipinski definition) is 4. The summed E-state index contributed by atoms with van der Waals surface area (Å²) in [6.45, 7) is 12.6. The van der Waals surface area contributed by atoms with Crippen molar-refractivity contribution in [2.24, 2.45) is 10.8 Å². The number of benzene rings is 1. The van der Waals surface area contributed by atoms with Gasteiger partial charge in [-0.1, -0.05) is 45.9 Å². The minimum Gasteiger partial charge on any atom is -0.487 e. The zero-order valence-corrected chi connectivity index (χ0v) is 19.5. The Morgan fingerprint density at radius 1 is 0.774 bits per heavy atom. The van der Waals surface area contributed by atoms with Gasteiger partial charge in [0.1, 0.15) is 22.9 Å². The molecule has 4 heteroatoms. The van der Waals surface area contributed by atoms with Crippen molar-refractivity contribution in [1.29, 1.82) is 0 Å². The molecule has 1 aromatic carbocycles. The van der Waals surface area contributed by atoms with E-state index < -0.39 is 5.92 Å². The molecule has 0 saturated carbocycles. The number of Topliss-reactive ketones (excluding diaryl/α,β-unsaturated/α-hetero) is 2. The molecular formula is C27H32O4. The lowest BCUT2D eigenvalue weighted by molar-refractivity contribution is -0.120. The Balaban J connectivity index is 1.73. The van der Waals surface area contributed by atoms with Crippen LogP contribution in [0, 0.1) is 10.8 Å². The minimum atomic E-state index is -0.394. The van der Waals surface area contributed by atoms with Gasteiger partial charge in [0, 0.05) is 48.8 Å².